The van der Waals surface area contributed by atoms with Crippen molar-refractivity contribution >= 4 is 29.0 Å². The number of fused-ring (bicyclic) bond motifs is 1. The van der Waals surface area contributed by atoms with Gasteiger partial charge >= 0.3 is 18.1 Å². The molecule has 0 unspecified atom stereocenters. The lowest BCUT2D eigenvalue weighted by atomic mass is 9.99. The third-order valence-electron chi connectivity index (χ3n) is 6.78. The van der Waals surface area contributed by atoms with Crippen LogP contribution in [0.4, 0.5) is 15.0 Å². The number of terminal acetylenes is 1. The van der Waals surface area contributed by atoms with Crippen LogP contribution in [0.5, 0.6) is 0 Å². The first kappa shape index (κ1) is 31.2. The quantitative estimate of drug-likeness (QED) is 0.119. The molecular formula is C27H38FN5O7. The number of unbranched alkanes of at least 4 members (excludes halogenated alkanes) is 8. The van der Waals surface area contributed by atoms with Crippen LogP contribution in [-0.4, -0.2) is 73.3 Å². The molecule has 2 aromatic heterocycles. The summed E-state index contributed by atoms with van der Waals surface area (Å²) in [6.07, 6.45) is 13.1. The summed E-state index contributed by atoms with van der Waals surface area (Å²) < 4.78 is 31.3. The summed E-state index contributed by atoms with van der Waals surface area (Å²) in [5.41, 5.74) is -1.61. The zero-order valence-corrected chi connectivity index (χ0v) is 22.8. The molecule has 40 heavy (non-hydrogen) atoms. The molecule has 1 aliphatic heterocycles. The highest BCUT2D eigenvalue weighted by atomic mass is 19.1. The van der Waals surface area contributed by atoms with Crippen LogP contribution in [0.15, 0.2) is 6.33 Å². The Hall–Kier alpha value is -3.34. The van der Waals surface area contributed by atoms with Gasteiger partial charge in [0.05, 0.1) is 12.9 Å². The number of hydrogen-bond acceptors (Lipinski definition) is 10. The first-order valence-electron chi connectivity index (χ1n) is 13.8. The average Bonchev–Trinajstić information content (AvgIpc) is 3.51. The number of aliphatic hydroxyl groups is 2. The predicted octanol–water partition coefficient (Wildman–Crippen LogP) is 3.62. The Balaban J connectivity index is 1.41. The molecule has 3 atom stereocenters. The number of ether oxygens (including phenoxy) is 3. The second kappa shape index (κ2) is 15.4. The number of imidazole rings is 1. The van der Waals surface area contributed by atoms with Gasteiger partial charge in [0.1, 0.15) is 25.5 Å². The summed E-state index contributed by atoms with van der Waals surface area (Å²) >= 11 is 0. The summed E-state index contributed by atoms with van der Waals surface area (Å²) in [5, 5.41) is 22.2. The SMILES string of the molecule is C#C[C@]1(CO)O[C@@H](n2cnc3c(NC(=O)OCCOC(=O)CCCCCCCCCCC)nc(F)nc32)C[C@@H]1O. The van der Waals surface area contributed by atoms with Gasteiger partial charge in [-0.15, -0.1) is 6.42 Å². The van der Waals surface area contributed by atoms with E-state index in [0.717, 1.165) is 19.3 Å². The first-order valence-corrected chi connectivity index (χ1v) is 13.8. The van der Waals surface area contributed by atoms with Crippen LogP contribution in [-0.2, 0) is 19.0 Å². The molecule has 0 saturated carbocycles. The smallest absolute Gasteiger partial charge is 0.412 e. The van der Waals surface area contributed by atoms with E-state index in [9.17, 15) is 24.2 Å². The molecule has 0 radical (unpaired) electrons. The van der Waals surface area contributed by atoms with Gasteiger partial charge in [-0.05, 0) is 6.42 Å². The van der Waals surface area contributed by atoms with Gasteiger partial charge in [0.25, 0.3) is 0 Å². The molecule has 0 bridgehead atoms. The van der Waals surface area contributed by atoms with Gasteiger partial charge in [0, 0.05) is 12.8 Å². The van der Waals surface area contributed by atoms with Crippen molar-refractivity contribution in [3.63, 3.8) is 0 Å². The number of hydrogen-bond donors (Lipinski definition) is 3. The fourth-order valence-corrected chi connectivity index (χ4v) is 4.50. The number of carbonyl (C=O) groups excluding carboxylic acids is 2. The lowest BCUT2D eigenvalue weighted by molar-refractivity contribution is -0.144. The maximum atomic E-state index is 14.2. The van der Waals surface area contributed by atoms with Gasteiger partial charge in [-0.3, -0.25) is 14.7 Å². The first-order chi connectivity index (χ1) is 19.3. The minimum absolute atomic E-state index is 0.00943. The maximum absolute atomic E-state index is 14.2. The molecule has 3 N–H and O–H groups in total. The van der Waals surface area contributed by atoms with Crippen molar-refractivity contribution in [1.82, 2.24) is 19.5 Å². The minimum atomic E-state index is -1.62. The monoisotopic (exact) mass is 563 g/mol. The molecule has 12 nitrogen and oxygen atoms in total. The van der Waals surface area contributed by atoms with Crippen LogP contribution in [0, 0.1) is 18.4 Å². The molecule has 0 aromatic carbocycles. The fraction of sp³-hybridized carbons (Fsp3) is 0.667. The molecule has 1 amide bonds. The van der Waals surface area contributed by atoms with E-state index in [0.29, 0.717) is 6.42 Å². The van der Waals surface area contributed by atoms with Crippen LogP contribution in [0.2, 0.25) is 0 Å². The van der Waals surface area contributed by atoms with E-state index in [4.69, 9.17) is 20.6 Å². The van der Waals surface area contributed by atoms with Crippen LogP contribution in [0.3, 0.4) is 0 Å². The van der Waals surface area contributed by atoms with Crippen LogP contribution < -0.4 is 5.32 Å². The highest BCUT2D eigenvalue weighted by molar-refractivity contribution is 5.93. The number of aliphatic hydroxyl groups excluding tert-OH is 2. The van der Waals surface area contributed by atoms with E-state index in [1.165, 1.54) is 49.4 Å². The van der Waals surface area contributed by atoms with Crippen LogP contribution >= 0.6 is 0 Å². The molecule has 220 valence electrons. The second-order valence-electron chi connectivity index (χ2n) is 9.74. The topological polar surface area (TPSA) is 158 Å². The minimum Gasteiger partial charge on any atom is -0.462 e. The molecule has 1 aliphatic rings. The number of anilines is 1. The lowest BCUT2D eigenvalue weighted by Gasteiger charge is -2.23. The van der Waals surface area contributed by atoms with E-state index in [-0.39, 0.29) is 42.6 Å². The lowest BCUT2D eigenvalue weighted by Crippen LogP contribution is -2.41. The van der Waals surface area contributed by atoms with Crippen molar-refractivity contribution in [1.29, 1.82) is 0 Å². The molecule has 1 saturated heterocycles. The normalized spacial score (nSPS) is 20.4. The summed E-state index contributed by atoms with van der Waals surface area (Å²) in [5.74, 6) is 1.65. The van der Waals surface area contributed by atoms with E-state index < -0.39 is 36.7 Å². The third kappa shape index (κ3) is 8.33. The highest BCUT2D eigenvalue weighted by Crippen LogP contribution is 2.37. The Labute approximate surface area is 232 Å². The Morgan fingerprint density at radius 2 is 1.85 bits per heavy atom. The highest BCUT2D eigenvalue weighted by Gasteiger charge is 2.47. The van der Waals surface area contributed by atoms with Crippen LogP contribution in [0.1, 0.15) is 83.8 Å². The van der Waals surface area contributed by atoms with Gasteiger partial charge in [-0.1, -0.05) is 64.2 Å². The van der Waals surface area contributed by atoms with Gasteiger partial charge < -0.3 is 24.4 Å². The van der Waals surface area contributed by atoms with Crippen LogP contribution in [0.25, 0.3) is 11.2 Å². The predicted molar refractivity (Wildman–Crippen MR) is 142 cm³/mol. The molecule has 2 aromatic rings. The maximum Gasteiger partial charge on any atom is 0.412 e. The largest absolute Gasteiger partial charge is 0.462 e. The Kier molecular flexibility index (Phi) is 12.0. The summed E-state index contributed by atoms with van der Waals surface area (Å²) in [6.45, 7) is 1.26. The Morgan fingerprint density at radius 1 is 1.18 bits per heavy atom. The van der Waals surface area contributed by atoms with E-state index in [1.807, 2.05) is 0 Å². The number of carbonyl (C=O) groups is 2. The Morgan fingerprint density at radius 3 is 2.50 bits per heavy atom. The average molecular weight is 564 g/mol. The molecular weight excluding hydrogens is 525 g/mol. The molecule has 13 heteroatoms. The standard InChI is InChI=1S/C27H38FN5O7/c1-3-5-6-7-8-9-10-11-12-13-21(36)38-14-15-39-26(37)31-23-22-24(32-25(28)30-23)33(18-29-22)20-16-19(35)27(4-2,17-34)40-20/h2,18-20,34-35H,3,5-17H2,1H3,(H,30,31,32,37)/t19-,20+,27+/m0/s1. The van der Waals surface area contributed by atoms with E-state index >= 15 is 0 Å². The number of rotatable bonds is 16. The van der Waals surface area contributed by atoms with Gasteiger partial charge in [0.2, 0.25) is 0 Å². The van der Waals surface area contributed by atoms with Crippen molar-refractivity contribution in [3.8, 4) is 12.3 Å². The number of esters is 1. The molecule has 3 rings (SSSR count). The summed E-state index contributed by atoms with van der Waals surface area (Å²) in [6, 6.07) is 0. The molecule has 3 heterocycles. The van der Waals surface area contributed by atoms with Crippen molar-refractivity contribution in [3.05, 3.63) is 12.4 Å². The fourth-order valence-electron chi connectivity index (χ4n) is 4.50. The van der Waals surface area contributed by atoms with Gasteiger partial charge in [0.15, 0.2) is 22.6 Å². The Bertz CT molecular complexity index is 1170. The second-order valence-corrected chi connectivity index (χ2v) is 9.74. The number of nitrogens with one attached hydrogen (secondary N) is 1. The van der Waals surface area contributed by atoms with Crippen molar-refractivity contribution in [2.75, 3.05) is 25.1 Å². The number of amides is 1. The zero-order chi connectivity index (χ0) is 29.0. The third-order valence-corrected chi connectivity index (χ3v) is 6.78. The number of aromatic nitrogens is 4. The van der Waals surface area contributed by atoms with Crippen molar-refractivity contribution in [2.24, 2.45) is 0 Å². The number of halogens is 1. The number of nitrogens with zero attached hydrogens (tertiary/aromatic N) is 4. The summed E-state index contributed by atoms with van der Waals surface area (Å²) in [4.78, 5) is 35.5. The van der Waals surface area contributed by atoms with E-state index in [2.05, 4.69) is 33.1 Å². The van der Waals surface area contributed by atoms with E-state index in [1.54, 1.807) is 0 Å². The van der Waals surface area contributed by atoms with Gasteiger partial charge in [-0.2, -0.15) is 14.4 Å². The summed E-state index contributed by atoms with van der Waals surface area (Å²) in [7, 11) is 0. The zero-order valence-electron chi connectivity index (χ0n) is 22.8. The molecule has 0 aliphatic carbocycles. The van der Waals surface area contributed by atoms with Crippen molar-refractivity contribution in [2.45, 2.75) is 95.5 Å². The molecule has 0 spiro atoms. The molecule has 1 fully saturated rings. The van der Waals surface area contributed by atoms with Crippen molar-refractivity contribution < 1.29 is 38.4 Å². The van der Waals surface area contributed by atoms with Gasteiger partial charge in [-0.25, -0.2) is 9.78 Å².